The number of unbranched alkanes of at least 4 members (excludes halogenated alkanes) is 2. The van der Waals surface area contributed by atoms with Gasteiger partial charge in [0, 0.05) is 31.4 Å². The van der Waals surface area contributed by atoms with Crippen LogP contribution < -0.4 is 10.8 Å². The van der Waals surface area contributed by atoms with E-state index in [1.807, 2.05) is 12.1 Å². The third-order valence-corrected chi connectivity index (χ3v) is 2.64. The second-order valence-electron chi connectivity index (χ2n) is 4.25. The van der Waals surface area contributed by atoms with Gasteiger partial charge in [-0.3, -0.25) is 19.8 Å². The number of hydroxylamine groups is 1. The maximum absolute atomic E-state index is 11.5. The van der Waals surface area contributed by atoms with Gasteiger partial charge in [0.15, 0.2) is 0 Å². The Balaban J connectivity index is 2.09. The Kier molecular flexibility index (Phi) is 7.67. The van der Waals surface area contributed by atoms with E-state index in [1.165, 1.54) is 6.08 Å². The van der Waals surface area contributed by atoms with Crippen LogP contribution in [0.15, 0.2) is 30.6 Å². The average molecular weight is 277 g/mol. The van der Waals surface area contributed by atoms with Crippen LogP contribution in [0.5, 0.6) is 0 Å². The van der Waals surface area contributed by atoms with E-state index in [9.17, 15) is 9.59 Å². The van der Waals surface area contributed by atoms with Crippen LogP contribution >= 0.6 is 0 Å². The zero-order chi connectivity index (χ0) is 14.6. The maximum atomic E-state index is 11.5. The molecule has 0 bridgehead atoms. The van der Waals surface area contributed by atoms with Crippen LogP contribution in [-0.2, 0) is 9.59 Å². The molecule has 1 aromatic heterocycles. The minimum atomic E-state index is -0.380. The highest BCUT2D eigenvalue weighted by molar-refractivity contribution is 5.91. The molecule has 1 rings (SSSR count). The normalized spacial score (nSPS) is 10.4. The molecule has 0 aliphatic rings. The maximum Gasteiger partial charge on any atom is 0.243 e. The summed E-state index contributed by atoms with van der Waals surface area (Å²) in [6.07, 6.45) is 9.15. The van der Waals surface area contributed by atoms with Gasteiger partial charge in [-0.1, -0.05) is 6.42 Å². The smallest absolute Gasteiger partial charge is 0.243 e. The second kappa shape index (κ2) is 9.69. The third kappa shape index (κ3) is 7.27. The van der Waals surface area contributed by atoms with Crippen LogP contribution in [0, 0.1) is 0 Å². The van der Waals surface area contributed by atoms with Crippen molar-refractivity contribution in [2.45, 2.75) is 25.7 Å². The fourth-order valence-corrected chi connectivity index (χ4v) is 1.56. The van der Waals surface area contributed by atoms with Gasteiger partial charge < -0.3 is 5.32 Å². The Hall–Kier alpha value is -2.21. The van der Waals surface area contributed by atoms with Crippen molar-refractivity contribution in [3.8, 4) is 0 Å². The minimum Gasteiger partial charge on any atom is -0.353 e. The number of aromatic nitrogens is 1. The molecular formula is C14H19N3O3. The van der Waals surface area contributed by atoms with Crippen LogP contribution in [0.2, 0.25) is 0 Å². The Morgan fingerprint density at radius 2 is 1.95 bits per heavy atom. The molecule has 6 heteroatoms. The van der Waals surface area contributed by atoms with Gasteiger partial charge in [-0.2, -0.15) is 0 Å². The molecule has 0 fully saturated rings. The van der Waals surface area contributed by atoms with Crippen molar-refractivity contribution >= 4 is 17.9 Å². The molecule has 0 spiro atoms. The van der Waals surface area contributed by atoms with Crippen LogP contribution in [0.1, 0.15) is 31.2 Å². The first-order valence-corrected chi connectivity index (χ1v) is 6.51. The highest BCUT2D eigenvalue weighted by Crippen LogP contribution is 2.00. The molecule has 3 N–H and O–H groups in total. The van der Waals surface area contributed by atoms with Crippen molar-refractivity contribution in [1.29, 1.82) is 0 Å². The summed E-state index contributed by atoms with van der Waals surface area (Å²) in [6, 6.07) is 3.63. The topological polar surface area (TPSA) is 91.3 Å². The predicted octanol–water partition coefficient (Wildman–Crippen LogP) is 1.28. The Bertz CT molecular complexity index is 446. The zero-order valence-corrected chi connectivity index (χ0v) is 11.2. The fraction of sp³-hybridized carbons (Fsp3) is 0.357. The molecule has 0 saturated carbocycles. The summed E-state index contributed by atoms with van der Waals surface area (Å²) in [5, 5.41) is 11.1. The summed E-state index contributed by atoms with van der Waals surface area (Å²) < 4.78 is 0. The first-order chi connectivity index (χ1) is 9.72. The molecule has 20 heavy (non-hydrogen) atoms. The highest BCUT2D eigenvalue weighted by atomic mass is 16.5. The number of nitrogens with one attached hydrogen (secondary N) is 2. The van der Waals surface area contributed by atoms with E-state index in [0.717, 1.165) is 18.4 Å². The molecule has 0 unspecified atom stereocenters. The van der Waals surface area contributed by atoms with Gasteiger partial charge in [0.2, 0.25) is 11.8 Å². The van der Waals surface area contributed by atoms with Gasteiger partial charge in [0.1, 0.15) is 0 Å². The van der Waals surface area contributed by atoms with Crippen molar-refractivity contribution in [2.24, 2.45) is 0 Å². The molecule has 1 heterocycles. The molecule has 0 aliphatic carbocycles. The van der Waals surface area contributed by atoms with E-state index in [4.69, 9.17) is 5.21 Å². The van der Waals surface area contributed by atoms with E-state index in [1.54, 1.807) is 23.9 Å². The van der Waals surface area contributed by atoms with E-state index in [2.05, 4.69) is 10.3 Å². The zero-order valence-electron chi connectivity index (χ0n) is 11.2. The molecule has 2 amide bonds. The number of carbonyl (C=O) groups excluding carboxylic acids is 2. The van der Waals surface area contributed by atoms with E-state index in [-0.39, 0.29) is 11.8 Å². The fourth-order valence-electron chi connectivity index (χ4n) is 1.56. The van der Waals surface area contributed by atoms with Gasteiger partial charge in [-0.05, 0) is 36.6 Å². The van der Waals surface area contributed by atoms with Gasteiger partial charge in [0.25, 0.3) is 0 Å². The Morgan fingerprint density at radius 1 is 1.20 bits per heavy atom. The summed E-state index contributed by atoms with van der Waals surface area (Å²) in [5.41, 5.74) is 2.51. The summed E-state index contributed by atoms with van der Waals surface area (Å²) >= 11 is 0. The quantitative estimate of drug-likeness (QED) is 0.289. The van der Waals surface area contributed by atoms with Crippen LogP contribution in [0.25, 0.3) is 6.08 Å². The molecule has 0 aromatic carbocycles. The average Bonchev–Trinajstić information content (AvgIpc) is 2.49. The number of rotatable bonds is 8. The van der Waals surface area contributed by atoms with Crippen molar-refractivity contribution in [3.63, 3.8) is 0 Å². The van der Waals surface area contributed by atoms with Crippen molar-refractivity contribution in [2.75, 3.05) is 6.54 Å². The van der Waals surface area contributed by atoms with Crippen LogP contribution in [0.4, 0.5) is 0 Å². The van der Waals surface area contributed by atoms with Gasteiger partial charge in [-0.15, -0.1) is 0 Å². The molecule has 108 valence electrons. The van der Waals surface area contributed by atoms with Crippen molar-refractivity contribution in [3.05, 3.63) is 36.2 Å². The first-order valence-electron chi connectivity index (χ1n) is 6.51. The van der Waals surface area contributed by atoms with Gasteiger partial charge >= 0.3 is 0 Å². The number of amides is 2. The van der Waals surface area contributed by atoms with Crippen molar-refractivity contribution in [1.82, 2.24) is 15.8 Å². The minimum absolute atomic E-state index is 0.144. The molecule has 1 aromatic rings. The number of hydrogen-bond donors (Lipinski definition) is 3. The third-order valence-electron chi connectivity index (χ3n) is 2.64. The summed E-state index contributed by atoms with van der Waals surface area (Å²) in [5.74, 6) is -0.524. The van der Waals surface area contributed by atoms with Gasteiger partial charge in [-0.25, -0.2) is 5.48 Å². The number of carbonyl (C=O) groups is 2. The summed E-state index contributed by atoms with van der Waals surface area (Å²) in [6.45, 7) is 0.570. The van der Waals surface area contributed by atoms with E-state index < -0.39 is 0 Å². The standard InChI is InChI=1S/C14H19N3O3/c18-13(6-5-12-7-10-15-11-8-12)16-9-3-1-2-4-14(19)17-20/h5-8,10-11,20H,1-4,9H2,(H,16,18)(H,17,19). The number of pyridine rings is 1. The van der Waals surface area contributed by atoms with Crippen molar-refractivity contribution < 1.29 is 14.8 Å². The molecule has 0 atom stereocenters. The SMILES string of the molecule is O=C(C=Cc1ccncc1)NCCCCCC(=O)NO. The summed E-state index contributed by atoms with van der Waals surface area (Å²) in [7, 11) is 0. The monoisotopic (exact) mass is 277 g/mol. The molecule has 6 nitrogen and oxygen atoms in total. The molecule has 0 radical (unpaired) electrons. The summed E-state index contributed by atoms with van der Waals surface area (Å²) in [4.78, 5) is 26.1. The van der Waals surface area contributed by atoms with Crippen LogP contribution in [-0.4, -0.2) is 28.6 Å². The predicted molar refractivity (Wildman–Crippen MR) is 74.7 cm³/mol. The largest absolute Gasteiger partial charge is 0.353 e. The lowest BCUT2D eigenvalue weighted by Crippen LogP contribution is -2.22. The van der Waals surface area contributed by atoms with E-state index >= 15 is 0 Å². The highest BCUT2D eigenvalue weighted by Gasteiger charge is 1.99. The lowest BCUT2D eigenvalue weighted by atomic mass is 10.2. The molecule has 0 saturated heterocycles. The van der Waals surface area contributed by atoms with E-state index in [0.29, 0.717) is 19.4 Å². The van der Waals surface area contributed by atoms with Gasteiger partial charge in [0.05, 0.1) is 0 Å². The van der Waals surface area contributed by atoms with Crippen LogP contribution in [0.3, 0.4) is 0 Å². The first kappa shape index (κ1) is 15.8. The molecular weight excluding hydrogens is 258 g/mol. The Morgan fingerprint density at radius 3 is 2.65 bits per heavy atom. The number of hydrogen-bond acceptors (Lipinski definition) is 4. The Labute approximate surface area is 117 Å². The second-order valence-corrected chi connectivity index (χ2v) is 4.25. The lowest BCUT2D eigenvalue weighted by Gasteiger charge is -2.02. The number of nitrogens with zero attached hydrogens (tertiary/aromatic N) is 1. The molecule has 0 aliphatic heterocycles. The lowest BCUT2D eigenvalue weighted by molar-refractivity contribution is -0.129.